The largest absolute Gasteiger partial charge is 0.394 e. The molecule has 5 N–H and O–H groups in total. The number of carbonyl (C=O) groups excluding carboxylic acids is 1. The summed E-state index contributed by atoms with van der Waals surface area (Å²) in [5.41, 5.74) is 6.24. The molecule has 1 aliphatic rings. The minimum Gasteiger partial charge on any atom is -0.394 e. The van der Waals surface area contributed by atoms with Crippen LogP contribution in [0.2, 0.25) is 0 Å². The Hall–Kier alpha value is -1.47. The summed E-state index contributed by atoms with van der Waals surface area (Å²) >= 11 is 0. The van der Waals surface area contributed by atoms with Crippen LogP contribution in [-0.2, 0) is 4.74 Å². The van der Waals surface area contributed by atoms with Crippen molar-refractivity contribution in [3.05, 3.63) is 35.4 Å². The Bertz CT molecular complexity index is 464. The van der Waals surface area contributed by atoms with E-state index in [4.69, 9.17) is 15.6 Å². The number of amides is 1. The number of ether oxygens (including phenoxy) is 1. The average molecular weight is 267 g/mol. The van der Waals surface area contributed by atoms with Crippen LogP contribution >= 0.6 is 0 Å². The molecule has 4 atom stereocenters. The molecule has 0 bridgehead atoms. The minimum absolute atomic E-state index is 0.194. The van der Waals surface area contributed by atoms with Crippen LogP contribution in [0.4, 0.5) is 0 Å². The molecule has 0 radical (unpaired) electrons. The normalized spacial score (nSPS) is 31.1. The van der Waals surface area contributed by atoms with Crippen LogP contribution in [-0.4, -0.2) is 46.1 Å². The molecule has 1 aromatic rings. The summed E-state index contributed by atoms with van der Waals surface area (Å²) in [6, 6.07) is 6.59. The lowest BCUT2D eigenvalue weighted by Gasteiger charge is -2.36. The van der Waals surface area contributed by atoms with Crippen LogP contribution in [0.1, 0.15) is 28.4 Å². The summed E-state index contributed by atoms with van der Waals surface area (Å²) in [5.74, 6) is -0.544. The predicted octanol–water partition coefficient (Wildman–Crippen LogP) is -0.670. The van der Waals surface area contributed by atoms with E-state index in [2.05, 4.69) is 0 Å². The van der Waals surface area contributed by atoms with E-state index in [0.29, 0.717) is 11.1 Å². The first-order valence-corrected chi connectivity index (χ1v) is 6.05. The molecule has 1 saturated heterocycles. The van der Waals surface area contributed by atoms with Crippen LogP contribution in [0.3, 0.4) is 0 Å². The molecule has 6 nitrogen and oxygen atoms in total. The molecule has 0 aromatic heterocycles. The number of rotatable bonds is 3. The first kappa shape index (κ1) is 14.0. The monoisotopic (exact) mass is 267 g/mol. The zero-order chi connectivity index (χ0) is 14.0. The summed E-state index contributed by atoms with van der Waals surface area (Å²) < 4.78 is 5.53. The van der Waals surface area contributed by atoms with Gasteiger partial charge in [-0.3, -0.25) is 4.79 Å². The van der Waals surface area contributed by atoms with Crippen LogP contribution in [0.5, 0.6) is 0 Å². The molecule has 0 saturated carbocycles. The van der Waals surface area contributed by atoms with Crippen LogP contribution < -0.4 is 5.73 Å². The number of carbonyl (C=O) groups is 1. The van der Waals surface area contributed by atoms with Gasteiger partial charge >= 0.3 is 0 Å². The summed E-state index contributed by atoms with van der Waals surface area (Å²) in [5, 5.41) is 28.5. The third-order valence-electron chi connectivity index (χ3n) is 3.29. The second-order valence-corrected chi connectivity index (χ2v) is 4.63. The number of hydrogen-bond donors (Lipinski definition) is 4. The fourth-order valence-corrected chi connectivity index (χ4v) is 2.21. The summed E-state index contributed by atoms with van der Waals surface area (Å²) in [6.45, 7) is -0.385. The lowest BCUT2D eigenvalue weighted by atomic mass is 9.93. The van der Waals surface area contributed by atoms with Crippen molar-refractivity contribution >= 4 is 5.91 Å². The van der Waals surface area contributed by atoms with Gasteiger partial charge in [0.1, 0.15) is 12.2 Å². The van der Waals surface area contributed by atoms with Gasteiger partial charge in [0.25, 0.3) is 0 Å². The smallest absolute Gasteiger partial charge is 0.248 e. The molecule has 1 heterocycles. The topological polar surface area (TPSA) is 113 Å². The first-order chi connectivity index (χ1) is 9.02. The van der Waals surface area contributed by atoms with E-state index in [-0.39, 0.29) is 13.0 Å². The summed E-state index contributed by atoms with van der Waals surface area (Å²) in [7, 11) is 0. The molecule has 6 heteroatoms. The molecule has 0 unspecified atom stereocenters. The van der Waals surface area contributed by atoms with Crippen molar-refractivity contribution in [1.29, 1.82) is 0 Å². The predicted molar refractivity (Wildman–Crippen MR) is 66.3 cm³/mol. The molecule has 19 heavy (non-hydrogen) atoms. The Balaban J connectivity index is 2.22. The van der Waals surface area contributed by atoms with Gasteiger partial charge in [0, 0.05) is 12.0 Å². The quantitative estimate of drug-likeness (QED) is 0.580. The van der Waals surface area contributed by atoms with Gasteiger partial charge in [0.15, 0.2) is 0 Å². The van der Waals surface area contributed by atoms with Crippen molar-refractivity contribution in [3.8, 4) is 0 Å². The van der Waals surface area contributed by atoms with E-state index >= 15 is 0 Å². The number of aliphatic hydroxyl groups is 3. The van der Waals surface area contributed by atoms with E-state index in [1.165, 1.54) is 0 Å². The fraction of sp³-hybridized carbons (Fsp3) is 0.462. The molecular formula is C13H17NO5. The maximum absolute atomic E-state index is 11.1. The van der Waals surface area contributed by atoms with Gasteiger partial charge in [0.2, 0.25) is 5.91 Å². The molecule has 1 aromatic carbocycles. The lowest BCUT2D eigenvalue weighted by molar-refractivity contribution is -0.181. The third-order valence-corrected chi connectivity index (χ3v) is 3.29. The summed E-state index contributed by atoms with van der Waals surface area (Å²) in [4.78, 5) is 11.1. The van der Waals surface area contributed by atoms with Gasteiger partial charge < -0.3 is 25.8 Å². The van der Waals surface area contributed by atoms with Crippen molar-refractivity contribution < 1.29 is 24.9 Å². The number of primary amides is 1. The Labute approximate surface area is 110 Å². The number of benzene rings is 1. The highest BCUT2D eigenvalue weighted by Gasteiger charge is 2.36. The van der Waals surface area contributed by atoms with Gasteiger partial charge in [-0.2, -0.15) is 0 Å². The Morgan fingerprint density at radius 1 is 1.42 bits per heavy atom. The van der Waals surface area contributed by atoms with Crippen molar-refractivity contribution in [2.45, 2.75) is 30.8 Å². The highest BCUT2D eigenvalue weighted by atomic mass is 16.5. The molecule has 1 amide bonds. The fourth-order valence-electron chi connectivity index (χ4n) is 2.21. The SMILES string of the molecule is NC(=O)c1cccc([C@H]2C[C@H](O)[C@H](O)[C@@H](CO)O2)c1. The van der Waals surface area contributed by atoms with Crippen LogP contribution in [0.15, 0.2) is 24.3 Å². The number of hydrogen-bond acceptors (Lipinski definition) is 5. The third kappa shape index (κ3) is 2.93. The second kappa shape index (κ2) is 5.66. The molecule has 104 valence electrons. The van der Waals surface area contributed by atoms with E-state index in [1.807, 2.05) is 0 Å². The van der Waals surface area contributed by atoms with Crippen molar-refractivity contribution in [2.75, 3.05) is 6.61 Å². The van der Waals surface area contributed by atoms with Crippen molar-refractivity contribution in [2.24, 2.45) is 5.73 Å². The zero-order valence-electron chi connectivity index (χ0n) is 10.3. The standard InChI is InChI=1S/C13H17NO5/c14-13(18)8-3-1-2-7(4-8)10-5-9(16)12(17)11(6-15)19-10/h1-4,9-12,15-17H,5-6H2,(H2,14,18)/t9-,10+,11+,12-/m0/s1. The van der Waals surface area contributed by atoms with Gasteiger partial charge in [-0.25, -0.2) is 0 Å². The lowest BCUT2D eigenvalue weighted by Crippen LogP contribution is -2.47. The minimum atomic E-state index is -1.11. The van der Waals surface area contributed by atoms with Gasteiger partial charge in [0.05, 0.1) is 18.8 Å². The van der Waals surface area contributed by atoms with Crippen LogP contribution in [0, 0.1) is 0 Å². The Morgan fingerprint density at radius 2 is 2.16 bits per heavy atom. The summed E-state index contributed by atoms with van der Waals surface area (Å²) in [6.07, 6.45) is -3.23. The average Bonchev–Trinajstić information content (AvgIpc) is 2.41. The van der Waals surface area contributed by atoms with Crippen molar-refractivity contribution in [3.63, 3.8) is 0 Å². The van der Waals surface area contributed by atoms with E-state index in [0.717, 1.165) is 0 Å². The van der Waals surface area contributed by atoms with Crippen LogP contribution in [0.25, 0.3) is 0 Å². The molecule has 0 aliphatic carbocycles. The molecule has 1 aliphatic heterocycles. The molecule has 1 fully saturated rings. The number of nitrogens with two attached hydrogens (primary N) is 1. The Kier molecular flexibility index (Phi) is 4.16. The second-order valence-electron chi connectivity index (χ2n) is 4.63. The van der Waals surface area contributed by atoms with E-state index < -0.39 is 30.3 Å². The van der Waals surface area contributed by atoms with Gasteiger partial charge in [-0.1, -0.05) is 12.1 Å². The number of aliphatic hydroxyl groups excluding tert-OH is 3. The highest BCUT2D eigenvalue weighted by molar-refractivity contribution is 5.92. The highest BCUT2D eigenvalue weighted by Crippen LogP contribution is 2.32. The maximum Gasteiger partial charge on any atom is 0.248 e. The zero-order valence-corrected chi connectivity index (χ0v) is 10.3. The van der Waals surface area contributed by atoms with E-state index in [1.54, 1.807) is 24.3 Å². The van der Waals surface area contributed by atoms with Gasteiger partial charge in [-0.15, -0.1) is 0 Å². The molecule has 0 spiro atoms. The first-order valence-electron chi connectivity index (χ1n) is 6.05. The Morgan fingerprint density at radius 3 is 2.79 bits per heavy atom. The molecule has 2 rings (SSSR count). The van der Waals surface area contributed by atoms with Gasteiger partial charge in [-0.05, 0) is 17.7 Å². The van der Waals surface area contributed by atoms with Crippen molar-refractivity contribution in [1.82, 2.24) is 0 Å². The van der Waals surface area contributed by atoms with E-state index in [9.17, 15) is 15.0 Å². The molecular weight excluding hydrogens is 250 g/mol. The maximum atomic E-state index is 11.1.